The van der Waals surface area contributed by atoms with Crippen molar-refractivity contribution in [3.8, 4) is 0 Å². The van der Waals surface area contributed by atoms with E-state index >= 15 is 0 Å². The minimum Gasteiger partial charge on any atom is -0.478 e. The van der Waals surface area contributed by atoms with Crippen LogP contribution in [0.4, 0.5) is 4.79 Å². The number of carbonyl (C=O) groups is 2. The van der Waals surface area contributed by atoms with E-state index in [2.05, 4.69) is 15.8 Å². The van der Waals surface area contributed by atoms with Gasteiger partial charge in [-0.05, 0) is 30.5 Å². The van der Waals surface area contributed by atoms with E-state index in [0.717, 1.165) is 25.7 Å². The summed E-state index contributed by atoms with van der Waals surface area (Å²) in [5.74, 6) is -0.992. The number of benzene rings is 1. The van der Waals surface area contributed by atoms with E-state index in [4.69, 9.17) is 5.11 Å². The monoisotopic (exact) mass is 289 g/mol. The van der Waals surface area contributed by atoms with Gasteiger partial charge in [0.15, 0.2) is 0 Å². The first-order valence-corrected chi connectivity index (χ1v) is 7.08. The van der Waals surface area contributed by atoms with Gasteiger partial charge in [0.2, 0.25) is 0 Å². The van der Waals surface area contributed by atoms with Crippen LogP contribution in [0.5, 0.6) is 0 Å². The standard InChI is InChI=1S/C15H19N3O3/c19-14(20)12-6-4-5-11(9-12)10-16-18-15(21)17-13-7-2-1-3-8-13/h4-6,9-10,13H,1-3,7-8H2,(H,19,20)(H2,17,18,21)/b16-10+. The molecule has 0 heterocycles. The van der Waals surface area contributed by atoms with Crippen molar-refractivity contribution in [3.63, 3.8) is 0 Å². The molecule has 0 radical (unpaired) electrons. The second-order valence-corrected chi connectivity index (χ2v) is 5.11. The van der Waals surface area contributed by atoms with Crippen LogP contribution >= 0.6 is 0 Å². The number of carbonyl (C=O) groups excluding carboxylic acids is 1. The van der Waals surface area contributed by atoms with Crippen molar-refractivity contribution in [1.29, 1.82) is 0 Å². The summed E-state index contributed by atoms with van der Waals surface area (Å²) >= 11 is 0. The Morgan fingerprint density at radius 1 is 1.24 bits per heavy atom. The molecule has 6 nitrogen and oxygen atoms in total. The third-order valence-electron chi connectivity index (χ3n) is 3.45. The third kappa shape index (κ3) is 4.91. The summed E-state index contributed by atoms with van der Waals surface area (Å²) in [6, 6.07) is 6.25. The molecule has 0 aromatic heterocycles. The topological polar surface area (TPSA) is 90.8 Å². The number of nitrogens with zero attached hydrogens (tertiary/aromatic N) is 1. The fourth-order valence-electron chi connectivity index (χ4n) is 2.38. The van der Waals surface area contributed by atoms with Crippen LogP contribution in [0, 0.1) is 0 Å². The predicted molar refractivity (Wildman–Crippen MR) is 79.5 cm³/mol. The minimum absolute atomic E-state index is 0.186. The van der Waals surface area contributed by atoms with Crippen LogP contribution in [-0.4, -0.2) is 29.4 Å². The highest BCUT2D eigenvalue weighted by Gasteiger charge is 2.14. The van der Waals surface area contributed by atoms with Gasteiger partial charge < -0.3 is 10.4 Å². The first kappa shape index (κ1) is 15.0. The third-order valence-corrected chi connectivity index (χ3v) is 3.45. The second-order valence-electron chi connectivity index (χ2n) is 5.11. The van der Waals surface area contributed by atoms with E-state index < -0.39 is 5.97 Å². The van der Waals surface area contributed by atoms with Crippen LogP contribution in [-0.2, 0) is 0 Å². The molecule has 2 amide bonds. The molecule has 2 rings (SSSR count). The number of carboxylic acid groups (broad SMARTS) is 1. The first-order chi connectivity index (χ1) is 10.1. The number of urea groups is 1. The maximum absolute atomic E-state index is 11.6. The minimum atomic E-state index is -0.992. The number of carboxylic acids is 1. The van der Waals surface area contributed by atoms with Gasteiger partial charge in [0.25, 0.3) is 0 Å². The zero-order chi connectivity index (χ0) is 15.1. The Labute approximate surface area is 123 Å². The molecule has 1 aromatic carbocycles. The molecule has 3 N–H and O–H groups in total. The fourth-order valence-corrected chi connectivity index (χ4v) is 2.38. The van der Waals surface area contributed by atoms with Crippen LogP contribution in [0.15, 0.2) is 29.4 Å². The number of hydrogen-bond acceptors (Lipinski definition) is 3. The van der Waals surface area contributed by atoms with E-state index in [1.807, 2.05) is 0 Å². The van der Waals surface area contributed by atoms with Gasteiger partial charge in [0.1, 0.15) is 0 Å². The molecule has 6 heteroatoms. The Kier molecular flexibility index (Phi) is 5.31. The van der Waals surface area contributed by atoms with Crippen LogP contribution in [0.3, 0.4) is 0 Å². The number of aromatic carboxylic acids is 1. The first-order valence-electron chi connectivity index (χ1n) is 7.08. The number of hydrogen-bond donors (Lipinski definition) is 3. The van der Waals surface area contributed by atoms with Crippen LogP contribution in [0.25, 0.3) is 0 Å². The number of rotatable bonds is 4. The van der Waals surface area contributed by atoms with Crippen molar-refractivity contribution >= 4 is 18.2 Å². The van der Waals surface area contributed by atoms with Crippen molar-refractivity contribution in [1.82, 2.24) is 10.7 Å². The average Bonchev–Trinajstić information content (AvgIpc) is 2.48. The van der Waals surface area contributed by atoms with E-state index in [9.17, 15) is 9.59 Å². The molecule has 0 aliphatic heterocycles. The summed E-state index contributed by atoms with van der Waals surface area (Å²) in [6.07, 6.45) is 6.98. The van der Waals surface area contributed by atoms with Gasteiger partial charge in [-0.25, -0.2) is 15.0 Å². The Morgan fingerprint density at radius 2 is 2.00 bits per heavy atom. The Hall–Kier alpha value is -2.37. The lowest BCUT2D eigenvalue weighted by atomic mass is 9.96. The van der Waals surface area contributed by atoms with Crippen molar-refractivity contribution in [2.75, 3.05) is 0 Å². The van der Waals surface area contributed by atoms with Crippen molar-refractivity contribution in [3.05, 3.63) is 35.4 Å². The van der Waals surface area contributed by atoms with Crippen molar-refractivity contribution in [2.45, 2.75) is 38.1 Å². The highest BCUT2D eigenvalue weighted by molar-refractivity contribution is 5.91. The van der Waals surface area contributed by atoms with Gasteiger partial charge >= 0.3 is 12.0 Å². The van der Waals surface area contributed by atoms with Gasteiger partial charge in [0.05, 0.1) is 11.8 Å². The fraction of sp³-hybridized carbons (Fsp3) is 0.400. The molecule has 1 aliphatic rings. The molecule has 112 valence electrons. The largest absolute Gasteiger partial charge is 0.478 e. The van der Waals surface area contributed by atoms with E-state index in [1.54, 1.807) is 12.1 Å². The molecule has 0 saturated heterocycles. The predicted octanol–water partition coefficient (Wildman–Crippen LogP) is 2.35. The molecule has 21 heavy (non-hydrogen) atoms. The summed E-state index contributed by atoms with van der Waals surface area (Å²) in [6.45, 7) is 0. The molecule has 0 unspecified atom stereocenters. The zero-order valence-electron chi connectivity index (χ0n) is 11.7. The van der Waals surface area contributed by atoms with E-state index in [1.165, 1.54) is 24.8 Å². The lowest BCUT2D eigenvalue weighted by molar-refractivity contribution is 0.0697. The molecule has 1 saturated carbocycles. The number of amides is 2. The zero-order valence-corrected chi connectivity index (χ0v) is 11.7. The normalized spacial score (nSPS) is 15.8. The Balaban J connectivity index is 1.82. The molecule has 1 fully saturated rings. The van der Waals surface area contributed by atoms with Crippen molar-refractivity contribution in [2.24, 2.45) is 5.10 Å². The Bertz CT molecular complexity index is 537. The quantitative estimate of drug-likeness (QED) is 0.587. The lowest BCUT2D eigenvalue weighted by Gasteiger charge is -2.22. The average molecular weight is 289 g/mol. The van der Waals surface area contributed by atoms with Gasteiger partial charge in [0, 0.05) is 6.04 Å². The maximum atomic E-state index is 11.6. The summed E-state index contributed by atoms with van der Waals surface area (Å²) in [5.41, 5.74) is 3.20. The molecule has 0 atom stereocenters. The number of nitrogens with one attached hydrogen (secondary N) is 2. The van der Waals surface area contributed by atoms with Gasteiger partial charge in [-0.15, -0.1) is 0 Å². The van der Waals surface area contributed by atoms with E-state index in [0.29, 0.717) is 5.56 Å². The summed E-state index contributed by atoms with van der Waals surface area (Å²) in [7, 11) is 0. The summed E-state index contributed by atoms with van der Waals surface area (Å²) < 4.78 is 0. The van der Waals surface area contributed by atoms with Crippen LogP contribution in [0.2, 0.25) is 0 Å². The molecular weight excluding hydrogens is 270 g/mol. The van der Waals surface area contributed by atoms with Crippen LogP contribution in [0.1, 0.15) is 48.0 Å². The van der Waals surface area contributed by atoms with E-state index in [-0.39, 0.29) is 17.6 Å². The highest BCUT2D eigenvalue weighted by Crippen LogP contribution is 2.17. The highest BCUT2D eigenvalue weighted by atomic mass is 16.4. The second kappa shape index (κ2) is 7.42. The summed E-state index contributed by atoms with van der Waals surface area (Å²) in [5, 5.41) is 15.6. The van der Waals surface area contributed by atoms with Gasteiger partial charge in [-0.3, -0.25) is 0 Å². The molecule has 0 spiro atoms. The number of hydrazone groups is 1. The van der Waals surface area contributed by atoms with Crippen LogP contribution < -0.4 is 10.7 Å². The Morgan fingerprint density at radius 3 is 2.71 bits per heavy atom. The molecule has 1 aromatic rings. The lowest BCUT2D eigenvalue weighted by Crippen LogP contribution is -2.41. The maximum Gasteiger partial charge on any atom is 0.335 e. The van der Waals surface area contributed by atoms with Crippen molar-refractivity contribution < 1.29 is 14.7 Å². The molecule has 0 bridgehead atoms. The molecular formula is C15H19N3O3. The van der Waals surface area contributed by atoms with Gasteiger partial charge in [-0.2, -0.15) is 5.10 Å². The van der Waals surface area contributed by atoms with Gasteiger partial charge in [-0.1, -0.05) is 31.4 Å². The SMILES string of the molecule is O=C(N/N=C/c1cccc(C(=O)O)c1)NC1CCCCC1. The molecule has 1 aliphatic carbocycles. The summed E-state index contributed by atoms with van der Waals surface area (Å²) in [4.78, 5) is 22.5. The smallest absolute Gasteiger partial charge is 0.335 e.